The van der Waals surface area contributed by atoms with Gasteiger partial charge in [0.05, 0.1) is 6.61 Å². The molecule has 0 aromatic heterocycles. The number of benzene rings is 1. The van der Waals surface area contributed by atoms with Crippen molar-refractivity contribution in [2.75, 3.05) is 7.11 Å². The fourth-order valence-electron chi connectivity index (χ4n) is 0.967. The van der Waals surface area contributed by atoms with Gasteiger partial charge in [-0.2, -0.15) is 8.42 Å². The second-order valence-corrected chi connectivity index (χ2v) is 3.47. The van der Waals surface area contributed by atoms with Crippen molar-refractivity contribution in [2.24, 2.45) is 0 Å². The van der Waals surface area contributed by atoms with E-state index in [0.29, 0.717) is 5.56 Å². The van der Waals surface area contributed by atoms with Gasteiger partial charge in [-0.15, -0.1) is 0 Å². The predicted octanol–water partition coefficient (Wildman–Crippen LogP) is 1.43. The molecule has 6 heteroatoms. The van der Waals surface area contributed by atoms with Crippen LogP contribution in [0, 0.1) is 0 Å². The standard InChI is InChI=1S/C8H9FO4S/c1-12-6-7-4-2-3-5-8(7)13-14(9,10)11/h2-5H,6H2,1H3. The third-order valence-electron chi connectivity index (χ3n) is 1.46. The van der Waals surface area contributed by atoms with E-state index >= 15 is 0 Å². The summed E-state index contributed by atoms with van der Waals surface area (Å²) in [4.78, 5) is 0. The van der Waals surface area contributed by atoms with Crippen molar-refractivity contribution in [3.63, 3.8) is 0 Å². The number of halogens is 1. The van der Waals surface area contributed by atoms with Gasteiger partial charge < -0.3 is 8.92 Å². The Morgan fingerprint density at radius 1 is 1.36 bits per heavy atom. The van der Waals surface area contributed by atoms with Crippen LogP contribution in [0.1, 0.15) is 5.56 Å². The molecule has 0 heterocycles. The van der Waals surface area contributed by atoms with Gasteiger partial charge in [0, 0.05) is 12.7 Å². The Kier molecular flexibility index (Phi) is 3.43. The van der Waals surface area contributed by atoms with Crippen molar-refractivity contribution in [1.82, 2.24) is 0 Å². The maximum Gasteiger partial charge on any atom is 0.488 e. The summed E-state index contributed by atoms with van der Waals surface area (Å²) in [6, 6.07) is 6.15. The topological polar surface area (TPSA) is 52.6 Å². The molecule has 1 rings (SSSR count). The smallest absolute Gasteiger partial charge is 0.380 e. The van der Waals surface area contributed by atoms with E-state index in [1.807, 2.05) is 0 Å². The Labute approximate surface area is 81.7 Å². The van der Waals surface area contributed by atoms with Crippen LogP contribution in [-0.2, 0) is 21.8 Å². The number of methoxy groups -OCH3 is 1. The predicted molar refractivity (Wildman–Crippen MR) is 47.8 cm³/mol. The van der Waals surface area contributed by atoms with E-state index in [0.717, 1.165) is 0 Å². The molecule has 0 aliphatic rings. The van der Waals surface area contributed by atoms with Crippen LogP contribution in [-0.4, -0.2) is 15.5 Å². The minimum Gasteiger partial charge on any atom is -0.380 e. The maximum atomic E-state index is 12.2. The molecular formula is C8H9FO4S. The number of rotatable bonds is 4. The van der Waals surface area contributed by atoms with Crippen LogP contribution in [0.5, 0.6) is 5.75 Å². The molecule has 0 unspecified atom stereocenters. The molecular weight excluding hydrogens is 211 g/mol. The number of ether oxygens (including phenoxy) is 1. The monoisotopic (exact) mass is 220 g/mol. The molecule has 1 aromatic carbocycles. The molecule has 0 N–H and O–H groups in total. The third-order valence-corrected chi connectivity index (χ3v) is 1.84. The summed E-state index contributed by atoms with van der Waals surface area (Å²) in [7, 11) is -3.53. The van der Waals surface area contributed by atoms with Crippen molar-refractivity contribution in [2.45, 2.75) is 6.61 Å². The molecule has 0 aliphatic carbocycles. The van der Waals surface area contributed by atoms with E-state index in [-0.39, 0.29) is 12.4 Å². The van der Waals surface area contributed by atoms with Crippen molar-refractivity contribution in [1.29, 1.82) is 0 Å². The van der Waals surface area contributed by atoms with Gasteiger partial charge in [0.15, 0.2) is 5.75 Å². The minimum absolute atomic E-state index is 0.0585. The second kappa shape index (κ2) is 4.39. The van der Waals surface area contributed by atoms with E-state index in [2.05, 4.69) is 4.18 Å². The molecule has 0 saturated carbocycles. The fraction of sp³-hybridized carbons (Fsp3) is 0.250. The molecule has 0 saturated heterocycles. The zero-order valence-corrected chi connectivity index (χ0v) is 8.25. The van der Waals surface area contributed by atoms with Gasteiger partial charge in [0.2, 0.25) is 0 Å². The summed E-state index contributed by atoms with van der Waals surface area (Å²) < 4.78 is 41.6. The molecule has 0 spiro atoms. The first-order chi connectivity index (χ1) is 6.53. The lowest BCUT2D eigenvalue weighted by atomic mass is 10.2. The quantitative estimate of drug-likeness (QED) is 0.720. The minimum atomic E-state index is -4.97. The molecule has 0 bridgehead atoms. The van der Waals surface area contributed by atoms with Crippen molar-refractivity contribution in [3.05, 3.63) is 29.8 Å². The normalized spacial score (nSPS) is 11.3. The zero-order chi connectivity index (χ0) is 10.6. The fourth-order valence-corrected chi connectivity index (χ4v) is 1.34. The van der Waals surface area contributed by atoms with Gasteiger partial charge in [-0.25, -0.2) is 0 Å². The molecule has 0 aliphatic heterocycles. The van der Waals surface area contributed by atoms with E-state index in [9.17, 15) is 12.3 Å². The van der Waals surface area contributed by atoms with Crippen LogP contribution in [0.15, 0.2) is 24.3 Å². The summed E-state index contributed by atoms with van der Waals surface area (Å²) in [6.45, 7) is 0.158. The van der Waals surface area contributed by atoms with Crippen molar-refractivity contribution < 1.29 is 21.2 Å². The highest BCUT2D eigenvalue weighted by Gasteiger charge is 2.12. The Morgan fingerprint density at radius 3 is 2.57 bits per heavy atom. The Bertz CT molecular complexity index is 402. The number of hydrogen-bond donors (Lipinski definition) is 0. The molecule has 14 heavy (non-hydrogen) atoms. The van der Waals surface area contributed by atoms with E-state index in [1.165, 1.54) is 13.2 Å². The van der Waals surface area contributed by atoms with Gasteiger partial charge in [0.1, 0.15) is 0 Å². The lowest BCUT2D eigenvalue weighted by Gasteiger charge is -2.05. The van der Waals surface area contributed by atoms with Gasteiger partial charge >= 0.3 is 10.5 Å². The summed E-state index contributed by atoms with van der Waals surface area (Å²) in [5, 5.41) is 0. The first-order valence-corrected chi connectivity index (χ1v) is 5.04. The number of hydrogen-bond acceptors (Lipinski definition) is 4. The molecule has 0 amide bonds. The van der Waals surface area contributed by atoms with E-state index in [1.54, 1.807) is 18.2 Å². The average molecular weight is 220 g/mol. The van der Waals surface area contributed by atoms with Crippen molar-refractivity contribution in [3.8, 4) is 5.75 Å². The van der Waals surface area contributed by atoms with E-state index in [4.69, 9.17) is 4.74 Å². The largest absolute Gasteiger partial charge is 0.488 e. The first-order valence-electron chi connectivity index (χ1n) is 3.74. The summed E-state index contributed by atoms with van der Waals surface area (Å²) >= 11 is 0. The van der Waals surface area contributed by atoms with Crippen LogP contribution >= 0.6 is 0 Å². The van der Waals surface area contributed by atoms with Gasteiger partial charge in [-0.1, -0.05) is 22.1 Å². The molecule has 0 atom stereocenters. The first kappa shape index (κ1) is 10.9. The van der Waals surface area contributed by atoms with Gasteiger partial charge in [-0.05, 0) is 6.07 Å². The van der Waals surface area contributed by atoms with Crippen LogP contribution in [0.2, 0.25) is 0 Å². The molecule has 78 valence electrons. The maximum absolute atomic E-state index is 12.2. The summed E-state index contributed by atoms with van der Waals surface area (Å²) in [5.41, 5.74) is 0.469. The highest BCUT2D eigenvalue weighted by atomic mass is 32.3. The highest BCUT2D eigenvalue weighted by molar-refractivity contribution is 7.81. The molecule has 0 fully saturated rings. The lowest BCUT2D eigenvalue weighted by Crippen LogP contribution is -2.04. The zero-order valence-electron chi connectivity index (χ0n) is 7.44. The Balaban J connectivity index is 2.95. The van der Waals surface area contributed by atoms with Crippen LogP contribution in [0.25, 0.3) is 0 Å². The highest BCUT2D eigenvalue weighted by Crippen LogP contribution is 2.20. The second-order valence-electron chi connectivity index (χ2n) is 2.52. The van der Waals surface area contributed by atoms with E-state index < -0.39 is 10.5 Å². The summed E-state index contributed by atoms with van der Waals surface area (Å²) in [5.74, 6) is -0.0585. The average Bonchev–Trinajstić information content (AvgIpc) is 2.06. The molecule has 0 radical (unpaired) electrons. The van der Waals surface area contributed by atoms with Crippen LogP contribution in [0.3, 0.4) is 0 Å². The van der Waals surface area contributed by atoms with Crippen LogP contribution in [0.4, 0.5) is 3.89 Å². The Morgan fingerprint density at radius 2 is 2.00 bits per heavy atom. The SMILES string of the molecule is COCc1ccccc1OS(=O)(=O)F. The molecule has 1 aromatic rings. The Hall–Kier alpha value is -1.14. The summed E-state index contributed by atoms with van der Waals surface area (Å²) in [6.07, 6.45) is 0. The van der Waals surface area contributed by atoms with Crippen molar-refractivity contribution >= 4 is 10.5 Å². The lowest BCUT2D eigenvalue weighted by molar-refractivity contribution is 0.183. The van der Waals surface area contributed by atoms with Gasteiger partial charge in [0.25, 0.3) is 0 Å². The van der Waals surface area contributed by atoms with Gasteiger partial charge in [-0.3, -0.25) is 0 Å². The number of para-hydroxylation sites is 1. The molecule has 4 nitrogen and oxygen atoms in total. The van der Waals surface area contributed by atoms with Crippen LogP contribution < -0.4 is 4.18 Å². The third kappa shape index (κ3) is 3.31.